The van der Waals surface area contributed by atoms with Gasteiger partial charge in [-0.3, -0.25) is 14.3 Å². The third-order valence-electron chi connectivity index (χ3n) is 4.57. The Balaban J connectivity index is 1.90. The molecular weight excluding hydrogens is 332 g/mol. The Morgan fingerprint density at radius 3 is 2.69 bits per heavy atom. The second-order valence-electron chi connectivity index (χ2n) is 6.41. The molecule has 1 fully saturated rings. The van der Waals surface area contributed by atoms with Crippen molar-refractivity contribution < 1.29 is 14.3 Å². The van der Waals surface area contributed by atoms with Crippen molar-refractivity contribution in [2.75, 3.05) is 20.3 Å². The number of amides is 2. The first kappa shape index (κ1) is 18.1. The third kappa shape index (κ3) is 3.94. The third-order valence-corrected chi connectivity index (χ3v) is 4.57. The maximum Gasteiger partial charge on any atom is 0.271 e. The second kappa shape index (κ2) is 8.14. The standard InChI is InChI=1S/C19H24N4O3/c1-13(14-7-4-3-5-8-14)23-17(11-16(22-23)18(24)20-2)19(25)21-15-9-6-10-26-12-15/h3-5,7-8,11,13,15H,6,9-10,12H2,1-2H3,(H,20,24)(H,21,25)/t13-,15?/m0/s1. The number of hydrogen-bond acceptors (Lipinski definition) is 4. The Hall–Kier alpha value is -2.67. The highest BCUT2D eigenvalue weighted by molar-refractivity contribution is 5.98. The summed E-state index contributed by atoms with van der Waals surface area (Å²) < 4.78 is 7.04. The Labute approximate surface area is 152 Å². The smallest absolute Gasteiger partial charge is 0.271 e. The number of nitrogens with one attached hydrogen (secondary N) is 2. The number of rotatable bonds is 5. The molecule has 138 valence electrons. The minimum atomic E-state index is -0.320. The van der Waals surface area contributed by atoms with Crippen LogP contribution in [0.2, 0.25) is 0 Å². The maximum absolute atomic E-state index is 12.8. The van der Waals surface area contributed by atoms with Crippen LogP contribution in [0.25, 0.3) is 0 Å². The summed E-state index contributed by atoms with van der Waals surface area (Å²) in [7, 11) is 1.54. The van der Waals surface area contributed by atoms with Crippen LogP contribution in [-0.4, -0.2) is 47.9 Å². The van der Waals surface area contributed by atoms with E-state index in [4.69, 9.17) is 4.74 Å². The van der Waals surface area contributed by atoms with Crippen molar-refractivity contribution >= 4 is 11.8 Å². The molecule has 1 saturated heterocycles. The van der Waals surface area contributed by atoms with Crippen molar-refractivity contribution in [1.29, 1.82) is 0 Å². The molecule has 7 nitrogen and oxygen atoms in total. The van der Waals surface area contributed by atoms with E-state index in [0.29, 0.717) is 12.3 Å². The lowest BCUT2D eigenvalue weighted by Gasteiger charge is -2.23. The average Bonchev–Trinajstić information content (AvgIpc) is 3.14. The van der Waals surface area contributed by atoms with E-state index in [9.17, 15) is 9.59 Å². The fourth-order valence-corrected chi connectivity index (χ4v) is 3.08. The van der Waals surface area contributed by atoms with Crippen LogP contribution < -0.4 is 10.6 Å². The molecule has 1 aliphatic heterocycles. The molecule has 2 atom stereocenters. The number of aromatic nitrogens is 2. The number of hydrogen-bond donors (Lipinski definition) is 2. The summed E-state index contributed by atoms with van der Waals surface area (Å²) >= 11 is 0. The molecule has 0 radical (unpaired) electrons. The molecular formula is C19H24N4O3. The van der Waals surface area contributed by atoms with Gasteiger partial charge in [-0.2, -0.15) is 5.10 Å². The molecule has 0 spiro atoms. The largest absolute Gasteiger partial charge is 0.379 e. The van der Waals surface area contributed by atoms with Crippen molar-refractivity contribution in [3.8, 4) is 0 Å². The van der Waals surface area contributed by atoms with Crippen molar-refractivity contribution in [2.45, 2.75) is 31.8 Å². The predicted molar refractivity (Wildman–Crippen MR) is 97.2 cm³/mol. The van der Waals surface area contributed by atoms with Gasteiger partial charge in [0.1, 0.15) is 5.69 Å². The first-order valence-electron chi connectivity index (χ1n) is 8.85. The normalized spacial score (nSPS) is 18.2. The Kier molecular flexibility index (Phi) is 5.68. The van der Waals surface area contributed by atoms with Crippen LogP contribution in [-0.2, 0) is 4.74 Å². The fraction of sp³-hybridized carbons (Fsp3) is 0.421. The van der Waals surface area contributed by atoms with Crippen LogP contribution in [0.5, 0.6) is 0 Å². The quantitative estimate of drug-likeness (QED) is 0.855. The molecule has 1 aromatic heterocycles. The molecule has 1 unspecified atom stereocenters. The van der Waals surface area contributed by atoms with Crippen molar-refractivity contribution in [3.05, 3.63) is 53.3 Å². The van der Waals surface area contributed by atoms with Gasteiger partial charge >= 0.3 is 0 Å². The summed E-state index contributed by atoms with van der Waals surface area (Å²) in [6, 6.07) is 11.1. The summed E-state index contributed by atoms with van der Waals surface area (Å²) in [5.41, 5.74) is 1.60. The van der Waals surface area contributed by atoms with Crippen LogP contribution in [0, 0.1) is 0 Å². The molecule has 0 aliphatic carbocycles. The molecule has 2 aromatic rings. The number of nitrogens with zero attached hydrogens (tertiary/aromatic N) is 2. The molecule has 2 N–H and O–H groups in total. The molecule has 26 heavy (non-hydrogen) atoms. The maximum atomic E-state index is 12.8. The van der Waals surface area contributed by atoms with Gasteiger partial charge in [0.2, 0.25) is 0 Å². The lowest BCUT2D eigenvalue weighted by Crippen LogP contribution is -2.41. The fourth-order valence-electron chi connectivity index (χ4n) is 3.08. The predicted octanol–water partition coefficient (Wildman–Crippen LogP) is 1.76. The molecule has 1 aromatic carbocycles. The van der Waals surface area contributed by atoms with Gasteiger partial charge in [-0.25, -0.2) is 0 Å². The first-order valence-corrected chi connectivity index (χ1v) is 8.85. The molecule has 3 rings (SSSR count). The number of carbonyl (C=O) groups is 2. The van der Waals surface area contributed by atoms with Crippen molar-refractivity contribution in [1.82, 2.24) is 20.4 Å². The molecule has 1 aliphatic rings. The van der Waals surface area contributed by atoms with Crippen LogP contribution in [0.15, 0.2) is 36.4 Å². The van der Waals surface area contributed by atoms with Crippen LogP contribution in [0.1, 0.15) is 52.3 Å². The van der Waals surface area contributed by atoms with Gasteiger partial charge in [-0.1, -0.05) is 30.3 Å². The van der Waals surface area contributed by atoms with E-state index >= 15 is 0 Å². The molecule has 2 amide bonds. The van der Waals surface area contributed by atoms with Gasteiger partial charge in [0, 0.05) is 19.7 Å². The van der Waals surface area contributed by atoms with E-state index in [2.05, 4.69) is 15.7 Å². The summed E-state index contributed by atoms with van der Waals surface area (Å²) in [4.78, 5) is 24.8. The van der Waals surface area contributed by atoms with Gasteiger partial charge in [0.05, 0.1) is 18.7 Å². The summed E-state index contributed by atoms with van der Waals surface area (Å²) in [5.74, 6) is -0.565. The first-order chi connectivity index (χ1) is 12.6. The molecule has 7 heteroatoms. The van der Waals surface area contributed by atoms with E-state index in [1.54, 1.807) is 11.7 Å². The van der Waals surface area contributed by atoms with E-state index in [-0.39, 0.29) is 29.6 Å². The SMILES string of the molecule is CNC(=O)c1cc(C(=O)NC2CCCOC2)n([C@@H](C)c2ccccc2)n1. The van der Waals surface area contributed by atoms with Gasteiger partial charge in [-0.05, 0) is 25.3 Å². The van der Waals surface area contributed by atoms with Crippen LogP contribution >= 0.6 is 0 Å². The number of carbonyl (C=O) groups excluding carboxylic acids is 2. The summed E-state index contributed by atoms with van der Waals surface area (Å²) in [6.45, 7) is 3.20. The zero-order valence-corrected chi connectivity index (χ0v) is 15.1. The van der Waals surface area contributed by atoms with Crippen LogP contribution in [0.4, 0.5) is 0 Å². The van der Waals surface area contributed by atoms with Crippen molar-refractivity contribution in [3.63, 3.8) is 0 Å². The minimum Gasteiger partial charge on any atom is -0.379 e. The van der Waals surface area contributed by atoms with E-state index in [0.717, 1.165) is 25.0 Å². The zero-order chi connectivity index (χ0) is 18.5. The second-order valence-corrected chi connectivity index (χ2v) is 6.41. The molecule has 2 heterocycles. The van der Waals surface area contributed by atoms with Crippen LogP contribution in [0.3, 0.4) is 0 Å². The monoisotopic (exact) mass is 356 g/mol. The zero-order valence-electron chi connectivity index (χ0n) is 15.1. The highest BCUT2D eigenvalue weighted by atomic mass is 16.5. The van der Waals surface area contributed by atoms with Gasteiger partial charge in [0.25, 0.3) is 11.8 Å². The highest BCUT2D eigenvalue weighted by Crippen LogP contribution is 2.20. The molecule has 0 saturated carbocycles. The molecule has 0 bridgehead atoms. The van der Waals surface area contributed by atoms with E-state index < -0.39 is 0 Å². The number of benzene rings is 1. The Morgan fingerprint density at radius 2 is 2.04 bits per heavy atom. The Bertz CT molecular complexity index is 766. The van der Waals surface area contributed by atoms with Gasteiger partial charge < -0.3 is 15.4 Å². The van der Waals surface area contributed by atoms with Gasteiger partial charge in [-0.15, -0.1) is 0 Å². The minimum absolute atomic E-state index is 0.0184. The summed E-state index contributed by atoms with van der Waals surface area (Å²) in [5, 5.41) is 9.93. The Morgan fingerprint density at radius 1 is 1.27 bits per heavy atom. The number of ether oxygens (including phenoxy) is 1. The average molecular weight is 356 g/mol. The highest BCUT2D eigenvalue weighted by Gasteiger charge is 2.25. The lowest BCUT2D eigenvalue weighted by molar-refractivity contribution is 0.0619. The van der Waals surface area contributed by atoms with E-state index in [1.165, 1.54) is 6.07 Å². The summed E-state index contributed by atoms with van der Waals surface area (Å²) in [6.07, 6.45) is 1.81. The van der Waals surface area contributed by atoms with E-state index in [1.807, 2.05) is 37.3 Å². The topological polar surface area (TPSA) is 85.3 Å². The van der Waals surface area contributed by atoms with Gasteiger partial charge in [0.15, 0.2) is 5.69 Å². The van der Waals surface area contributed by atoms with Crippen molar-refractivity contribution in [2.24, 2.45) is 0 Å². The lowest BCUT2D eigenvalue weighted by atomic mass is 10.1.